The Bertz CT molecular complexity index is 1170. The third kappa shape index (κ3) is 5.77. The molecule has 4 rings (SSSR count). The zero-order chi connectivity index (χ0) is 26.9. The lowest BCUT2D eigenvalue weighted by Gasteiger charge is -2.30. The van der Waals surface area contributed by atoms with Gasteiger partial charge >= 0.3 is 12.1 Å². The van der Waals surface area contributed by atoms with E-state index in [0.717, 1.165) is 23.7 Å². The molecule has 0 saturated heterocycles. The lowest BCUT2D eigenvalue weighted by atomic mass is 9.86. The van der Waals surface area contributed by atoms with Crippen LogP contribution < -0.4 is 0 Å². The Morgan fingerprint density at radius 1 is 1.00 bits per heavy atom. The van der Waals surface area contributed by atoms with Crippen molar-refractivity contribution in [3.05, 3.63) is 45.5 Å². The number of carbonyl (C=O) groups excluding carboxylic acids is 2. The molecule has 13 heteroatoms. The van der Waals surface area contributed by atoms with Gasteiger partial charge in [-0.2, -0.15) is 18.3 Å². The molecule has 37 heavy (non-hydrogen) atoms. The van der Waals surface area contributed by atoms with Crippen molar-refractivity contribution < 1.29 is 32.7 Å². The normalized spacial score (nSPS) is 20.7. The van der Waals surface area contributed by atoms with Crippen LogP contribution in [0.15, 0.2) is 18.6 Å². The zero-order valence-corrected chi connectivity index (χ0v) is 21.2. The minimum Gasteiger partial charge on any atom is -0.481 e. The number of ketones is 1. The molecule has 0 spiro atoms. The Kier molecular flexibility index (Phi) is 8.13. The monoisotopic (exact) mass is 560 g/mol. The van der Waals surface area contributed by atoms with E-state index < -0.39 is 59.6 Å². The number of rotatable bonds is 7. The first-order valence-corrected chi connectivity index (χ1v) is 12.7. The number of amides is 1. The van der Waals surface area contributed by atoms with Crippen LogP contribution in [-0.2, 0) is 11.0 Å². The van der Waals surface area contributed by atoms with Crippen LogP contribution in [0.1, 0.15) is 83.8 Å². The fraction of sp³-hybridized carbons (Fsp3) is 0.542. The third-order valence-electron chi connectivity index (χ3n) is 7.16. The average molecular weight is 561 g/mol. The van der Waals surface area contributed by atoms with E-state index in [1.165, 1.54) is 17.3 Å². The van der Waals surface area contributed by atoms with E-state index in [1.807, 2.05) is 0 Å². The van der Waals surface area contributed by atoms with Crippen molar-refractivity contribution in [2.75, 3.05) is 6.54 Å². The molecular weight excluding hydrogens is 536 g/mol. The molecule has 0 bridgehead atoms. The highest BCUT2D eigenvalue weighted by atomic mass is 35.5. The first-order valence-electron chi connectivity index (χ1n) is 12.0. The molecule has 0 radical (unpaired) electrons. The van der Waals surface area contributed by atoms with Crippen LogP contribution in [0.2, 0.25) is 10.0 Å². The molecule has 8 nitrogen and oxygen atoms in total. The highest BCUT2D eigenvalue weighted by Crippen LogP contribution is 2.39. The van der Waals surface area contributed by atoms with Gasteiger partial charge < -0.3 is 10.0 Å². The van der Waals surface area contributed by atoms with E-state index in [4.69, 9.17) is 23.2 Å². The smallest absolute Gasteiger partial charge is 0.433 e. The van der Waals surface area contributed by atoms with E-state index in [1.54, 1.807) is 0 Å². The Labute approximate surface area is 220 Å². The highest BCUT2D eigenvalue weighted by Gasteiger charge is 2.44. The second-order valence-corrected chi connectivity index (χ2v) is 10.3. The second kappa shape index (κ2) is 11.0. The maximum atomic E-state index is 14.3. The topological polar surface area (TPSA) is 105 Å². The molecule has 2 fully saturated rings. The lowest BCUT2D eigenvalue weighted by molar-refractivity contribution is -0.147. The number of halogens is 5. The number of aliphatic carboxylic acids is 1. The van der Waals surface area contributed by atoms with Gasteiger partial charge in [0, 0.05) is 18.4 Å². The number of carboxylic acids is 1. The van der Waals surface area contributed by atoms with Gasteiger partial charge in [0.1, 0.15) is 0 Å². The molecular formula is C24H25Cl2F3N4O4. The van der Waals surface area contributed by atoms with Gasteiger partial charge in [0.05, 0.1) is 45.9 Å². The summed E-state index contributed by atoms with van der Waals surface area (Å²) in [7, 11) is 0. The standard InChI is InChI=1S/C24H25Cl2F3N4O4/c25-17-10-30-11-18(26)20(17)19(34)12-32(14-3-1-2-4-14)22(35)16-9-31-33(21(16)24(27,28)29)15-7-5-13(6-8-15)23(36)37/h9-11,13-15H,1-8,12H2,(H,36,37)/t13-,15-. The summed E-state index contributed by atoms with van der Waals surface area (Å²) in [6, 6.07) is -1.11. The van der Waals surface area contributed by atoms with Gasteiger partial charge in [-0.1, -0.05) is 36.0 Å². The minimum atomic E-state index is -4.89. The van der Waals surface area contributed by atoms with Gasteiger partial charge in [-0.15, -0.1) is 0 Å². The van der Waals surface area contributed by atoms with Crippen molar-refractivity contribution in [3.63, 3.8) is 0 Å². The summed E-state index contributed by atoms with van der Waals surface area (Å²) in [4.78, 5) is 43.0. The predicted octanol–water partition coefficient (Wildman–Crippen LogP) is 5.69. The van der Waals surface area contributed by atoms with E-state index in [2.05, 4.69) is 10.1 Å². The van der Waals surface area contributed by atoms with E-state index in [9.17, 15) is 32.7 Å². The number of aromatic nitrogens is 3. The molecule has 0 atom stereocenters. The maximum absolute atomic E-state index is 14.3. The Hall–Kier alpha value is -2.66. The Balaban J connectivity index is 1.67. The summed E-state index contributed by atoms with van der Waals surface area (Å²) in [5.41, 5.74) is -1.87. The molecule has 200 valence electrons. The molecule has 2 heterocycles. The van der Waals surface area contributed by atoms with Crippen LogP contribution in [0, 0.1) is 5.92 Å². The van der Waals surface area contributed by atoms with Crippen LogP contribution in [0.5, 0.6) is 0 Å². The first kappa shape index (κ1) is 27.4. The minimum absolute atomic E-state index is 0.0166. The van der Waals surface area contributed by atoms with Gasteiger partial charge in [-0.3, -0.25) is 24.0 Å². The molecule has 1 N–H and O–H groups in total. The first-order chi connectivity index (χ1) is 17.5. The number of Topliss-reactive ketones (excluding diaryl/α,β-unsaturated/α-hetero) is 1. The van der Waals surface area contributed by atoms with Crippen molar-refractivity contribution >= 4 is 40.9 Å². The lowest BCUT2D eigenvalue weighted by Crippen LogP contribution is -2.43. The largest absolute Gasteiger partial charge is 0.481 e. The molecule has 2 aliphatic rings. The summed E-state index contributed by atoms with van der Waals surface area (Å²) >= 11 is 12.2. The van der Waals surface area contributed by atoms with Crippen LogP contribution >= 0.6 is 23.2 Å². The summed E-state index contributed by atoms with van der Waals surface area (Å²) in [5, 5.41) is 13.1. The van der Waals surface area contributed by atoms with E-state index in [-0.39, 0.29) is 41.3 Å². The van der Waals surface area contributed by atoms with E-state index >= 15 is 0 Å². The van der Waals surface area contributed by atoms with Crippen molar-refractivity contribution in [2.24, 2.45) is 5.92 Å². The predicted molar refractivity (Wildman–Crippen MR) is 128 cm³/mol. The summed E-state index contributed by atoms with van der Waals surface area (Å²) in [5.74, 6) is -3.14. The summed E-state index contributed by atoms with van der Waals surface area (Å²) < 4.78 is 43.7. The number of alkyl halides is 3. The number of hydrogen-bond acceptors (Lipinski definition) is 5. The van der Waals surface area contributed by atoms with Gasteiger partial charge in [-0.25, -0.2) is 0 Å². The summed E-state index contributed by atoms with van der Waals surface area (Å²) in [6.07, 6.45) is 1.93. The van der Waals surface area contributed by atoms with Gasteiger partial charge in [0.15, 0.2) is 11.5 Å². The SMILES string of the molecule is O=C(CN(C(=O)c1cnn([C@H]2CC[C@H](C(=O)O)CC2)c1C(F)(F)F)C1CCCC1)c1c(Cl)cncc1Cl. The van der Waals surface area contributed by atoms with Gasteiger partial charge in [0.25, 0.3) is 5.91 Å². The van der Waals surface area contributed by atoms with Gasteiger partial charge in [-0.05, 0) is 38.5 Å². The number of carboxylic acid groups (broad SMARTS) is 1. The number of carbonyl (C=O) groups is 3. The number of pyridine rings is 1. The molecule has 1 amide bonds. The number of hydrogen-bond donors (Lipinski definition) is 1. The van der Waals surface area contributed by atoms with Crippen molar-refractivity contribution in [1.82, 2.24) is 19.7 Å². The molecule has 0 aliphatic heterocycles. The second-order valence-electron chi connectivity index (χ2n) is 9.47. The van der Waals surface area contributed by atoms with Gasteiger partial charge in [0.2, 0.25) is 0 Å². The maximum Gasteiger partial charge on any atom is 0.433 e. The highest BCUT2D eigenvalue weighted by molar-refractivity contribution is 6.39. The van der Waals surface area contributed by atoms with Crippen LogP contribution in [0.25, 0.3) is 0 Å². The average Bonchev–Trinajstić information content (AvgIpc) is 3.52. The van der Waals surface area contributed by atoms with Crippen LogP contribution in [0.4, 0.5) is 13.2 Å². The molecule has 2 aromatic heterocycles. The van der Waals surface area contributed by atoms with E-state index in [0.29, 0.717) is 12.8 Å². The molecule has 0 aromatic carbocycles. The molecule has 2 saturated carbocycles. The van der Waals surface area contributed by atoms with Crippen molar-refractivity contribution in [3.8, 4) is 0 Å². The van der Waals surface area contributed by atoms with Crippen LogP contribution in [0.3, 0.4) is 0 Å². The number of nitrogens with zero attached hydrogens (tertiary/aromatic N) is 4. The summed E-state index contributed by atoms with van der Waals surface area (Å²) in [6.45, 7) is -0.501. The Morgan fingerprint density at radius 3 is 2.14 bits per heavy atom. The quantitative estimate of drug-likeness (QED) is 0.436. The Morgan fingerprint density at radius 2 is 1.59 bits per heavy atom. The van der Waals surface area contributed by atoms with Crippen molar-refractivity contribution in [1.29, 1.82) is 0 Å². The molecule has 2 aromatic rings. The third-order valence-corrected chi connectivity index (χ3v) is 7.73. The van der Waals surface area contributed by atoms with Crippen molar-refractivity contribution in [2.45, 2.75) is 69.6 Å². The zero-order valence-electron chi connectivity index (χ0n) is 19.7. The molecule has 2 aliphatic carbocycles. The van der Waals surface area contributed by atoms with Crippen LogP contribution in [-0.4, -0.2) is 55.0 Å². The fourth-order valence-electron chi connectivity index (χ4n) is 5.29. The molecule has 0 unspecified atom stereocenters. The fourth-order valence-corrected chi connectivity index (χ4v) is 5.87.